The van der Waals surface area contributed by atoms with E-state index in [9.17, 15) is 0 Å². The number of hydrogen-bond acceptors (Lipinski definition) is 7. The van der Waals surface area contributed by atoms with Crippen molar-refractivity contribution >= 4 is 5.82 Å². The van der Waals surface area contributed by atoms with Gasteiger partial charge in [0.25, 0.3) is 0 Å². The van der Waals surface area contributed by atoms with Crippen molar-refractivity contribution in [2.24, 2.45) is 0 Å². The van der Waals surface area contributed by atoms with Gasteiger partial charge in [0, 0.05) is 30.1 Å². The number of morpholine rings is 1. The number of aromatic nitrogens is 4. The quantitative estimate of drug-likeness (QED) is 0.677. The molecule has 4 rings (SSSR count). The summed E-state index contributed by atoms with van der Waals surface area (Å²) in [5, 5.41) is 13.9. The molecule has 29 heavy (non-hydrogen) atoms. The van der Waals surface area contributed by atoms with Gasteiger partial charge in [0.05, 0.1) is 37.7 Å². The van der Waals surface area contributed by atoms with Gasteiger partial charge in [-0.1, -0.05) is 6.07 Å². The molecule has 1 fully saturated rings. The van der Waals surface area contributed by atoms with Crippen LogP contribution >= 0.6 is 0 Å². The molecule has 0 spiro atoms. The first-order valence-corrected chi connectivity index (χ1v) is 9.40. The van der Waals surface area contributed by atoms with Gasteiger partial charge in [0.1, 0.15) is 17.6 Å². The average molecular weight is 390 g/mol. The molecule has 0 bridgehead atoms. The summed E-state index contributed by atoms with van der Waals surface area (Å²) in [5.41, 5.74) is 4.00. The zero-order valence-electron chi connectivity index (χ0n) is 16.7. The van der Waals surface area contributed by atoms with Crippen LogP contribution in [0.5, 0.6) is 5.75 Å². The summed E-state index contributed by atoms with van der Waals surface area (Å²) in [4.78, 5) is 10.5. The molecule has 148 valence electrons. The minimum absolute atomic E-state index is 0.0513. The van der Waals surface area contributed by atoms with E-state index in [2.05, 4.69) is 21.8 Å². The second-order valence-electron chi connectivity index (χ2n) is 6.83. The Hall–Kier alpha value is -3.44. The Morgan fingerprint density at radius 3 is 2.93 bits per heavy atom. The van der Waals surface area contributed by atoms with Crippen molar-refractivity contribution in [2.45, 2.75) is 19.9 Å². The zero-order chi connectivity index (χ0) is 20.4. The van der Waals surface area contributed by atoms with Crippen molar-refractivity contribution < 1.29 is 9.47 Å². The molecule has 0 aliphatic carbocycles. The van der Waals surface area contributed by atoms with Crippen molar-refractivity contribution in [1.29, 1.82) is 5.26 Å². The third-order valence-electron chi connectivity index (χ3n) is 5.14. The van der Waals surface area contributed by atoms with Gasteiger partial charge in [0.15, 0.2) is 0 Å². The summed E-state index contributed by atoms with van der Waals surface area (Å²) in [7, 11) is 1.65. The number of methoxy groups -OCH3 is 1. The molecule has 0 radical (unpaired) electrons. The van der Waals surface area contributed by atoms with Gasteiger partial charge < -0.3 is 14.4 Å². The summed E-state index contributed by atoms with van der Waals surface area (Å²) in [6, 6.07) is 11.6. The Kier molecular flexibility index (Phi) is 5.14. The van der Waals surface area contributed by atoms with Crippen LogP contribution in [0.1, 0.15) is 28.8 Å². The Morgan fingerprint density at radius 2 is 2.14 bits per heavy atom. The van der Waals surface area contributed by atoms with E-state index in [0.29, 0.717) is 19.8 Å². The van der Waals surface area contributed by atoms with E-state index in [1.54, 1.807) is 13.3 Å². The summed E-state index contributed by atoms with van der Waals surface area (Å²) in [6.45, 7) is 5.87. The number of ether oxygens (including phenoxy) is 2. The van der Waals surface area contributed by atoms with Gasteiger partial charge in [-0.15, -0.1) is 0 Å². The molecule has 3 aromatic rings. The minimum Gasteiger partial charge on any atom is -0.497 e. The van der Waals surface area contributed by atoms with Gasteiger partial charge in [-0.25, -0.2) is 14.6 Å². The van der Waals surface area contributed by atoms with Crippen molar-refractivity contribution in [3.63, 3.8) is 0 Å². The number of hydrogen-bond donors (Lipinski definition) is 0. The molecule has 0 saturated carbocycles. The van der Waals surface area contributed by atoms with Crippen molar-refractivity contribution in [3.05, 3.63) is 59.3 Å². The van der Waals surface area contributed by atoms with Crippen LogP contribution in [0.4, 0.5) is 5.82 Å². The third-order valence-corrected chi connectivity index (χ3v) is 5.14. The molecule has 8 nitrogen and oxygen atoms in total. The lowest BCUT2D eigenvalue weighted by Gasteiger charge is -2.36. The molecule has 0 N–H and O–H groups in total. The Bertz CT molecular complexity index is 1070. The Balaban J connectivity index is 1.76. The number of nitrogens with zero attached hydrogens (tertiary/aromatic N) is 6. The predicted molar refractivity (Wildman–Crippen MR) is 107 cm³/mol. The third kappa shape index (κ3) is 3.52. The lowest BCUT2D eigenvalue weighted by atomic mass is 10.0. The SMILES string of the molecule is COc1cccc(-n2nc(C)c(C3COCCN3c3ccnc(C#N)n3)c2C)c1. The standard InChI is InChI=1S/C21H22N6O2/c1-14-21(15(2)27(25-14)16-5-4-6-17(11-16)28-3)18-13-29-10-9-26(18)20-7-8-23-19(12-22)24-20/h4-8,11,18H,9-10,13H2,1-3H3. The smallest absolute Gasteiger partial charge is 0.234 e. The van der Waals surface area contributed by atoms with Crippen molar-refractivity contribution in [2.75, 3.05) is 31.8 Å². The molecule has 1 atom stereocenters. The van der Waals surface area contributed by atoms with Gasteiger partial charge in [-0.3, -0.25) is 0 Å². The number of rotatable bonds is 4. The molecule has 1 aliphatic rings. The minimum atomic E-state index is -0.0513. The van der Waals surface area contributed by atoms with Crippen LogP contribution in [0.15, 0.2) is 36.5 Å². The van der Waals surface area contributed by atoms with E-state index in [1.165, 1.54) is 0 Å². The fourth-order valence-corrected chi connectivity index (χ4v) is 3.81. The first kappa shape index (κ1) is 18.9. The number of aryl methyl sites for hydroxylation is 1. The zero-order valence-corrected chi connectivity index (χ0v) is 16.7. The van der Waals surface area contributed by atoms with E-state index >= 15 is 0 Å². The maximum Gasteiger partial charge on any atom is 0.234 e. The van der Waals surface area contributed by atoms with Crippen LogP contribution in [0.3, 0.4) is 0 Å². The Labute approximate surface area is 169 Å². The van der Waals surface area contributed by atoms with E-state index in [1.807, 2.05) is 48.0 Å². The van der Waals surface area contributed by atoms with Crippen LogP contribution in [0.25, 0.3) is 5.69 Å². The summed E-state index contributed by atoms with van der Waals surface area (Å²) in [5.74, 6) is 1.66. The molecular weight excluding hydrogens is 368 g/mol. The van der Waals surface area contributed by atoms with Crippen LogP contribution in [-0.2, 0) is 4.74 Å². The highest BCUT2D eigenvalue weighted by atomic mass is 16.5. The predicted octanol–water partition coefficient (Wildman–Crippen LogP) is 2.74. The Morgan fingerprint density at radius 1 is 1.28 bits per heavy atom. The molecule has 0 amide bonds. The first-order chi connectivity index (χ1) is 14.1. The van der Waals surface area contributed by atoms with Gasteiger partial charge >= 0.3 is 0 Å². The molecule has 2 aromatic heterocycles. The van der Waals surface area contributed by atoms with Crippen LogP contribution in [-0.4, -0.2) is 46.6 Å². The monoisotopic (exact) mass is 390 g/mol. The summed E-state index contributed by atoms with van der Waals surface area (Å²) in [6.07, 6.45) is 1.62. The maximum atomic E-state index is 9.16. The highest BCUT2D eigenvalue weighted by Crippen LogP contribution is 2.33. The molecule has 1 aliphatic heterocycles. The molecule has 1 saturated heterocycles. The van der Waals surface area contributed by atoms with Gasteiger partial charge in [0.2, 0.25) is 5.82 Å². The normalized spacial score (nSPS) is 16.5. The van der Waals surface area contributed by atoms with Crippen molar-refractivity contribution in [1.82, 2.24) is 19.7 Å². The van der Waals surface area contributed by atoms with Crippen LogP contribution < -0.4 is 9.64 Å². The van der Waals surface area contributed by atoms with E-state index < -0.39 is 0 Å². The van der Waals surface area contributed by atoms with Crippen LogP contribution in [0, 0.1) is 25.2 Å². The number of nitriles is 1. The highest BCUT2D eigenvalue weighted by Gasteiger charge is 2.31. The number of anilines is 1. The summed E-state index contributed by atoms with van der Waals surface area (Å²) >= 11 is 0. The average Bonchev–Trinajstić information content (AvgIpc) is 3.07. The molecule has 1 unspecified atom stereocenters. The topological polar surface area (TPSA) is 89.1 Å². The molecule has 1 aromatic carbocycles. The fourth-order valence-electron chi connectivity index (χ4n) is 3.81. The second kappa shape index (κ2) is 7.89. The van der Waals surface area contributed by atoms with E-state index in [-0.39, 0.29) is 11.9 Å². The molecule has 8 heteroatoms. The van der Waals surface area contributed by atoms with E-state index in [4.69, 9.17) is 19.8 Å². The van der Waals surface area contributed by atoms with Gasteiger partial charge in [-0.05, 0) is 32.0 Å². The lowest BCUT2D eigenvalue weighted by molar-refractivity contribution is 0.0933. The fraction of sp³-hybridized carbons (Fsp3) is 0.333. The maximum absolute atomic E-state index is 9.16. The highest BCUT2D eigenvalue weighted by molar-refractivity contribution is 5.48. The van der Waals surface area contributed by atoms with Crippen LogP contribution in [0.2, 0.25) is 0 Å². The lowest BCUT2D eigenvalue weighted by Crippen LogP contribution is -2.40. The molecule has 3 heterocycles. The number of benzene rings is 1. The summed E-state index contributed by atoms with van der Waals surface area (Å²) < 4.78 is 13.1. The van der Waals surface area contributed by atoms with Crippen molar-refractivity contribution in [3.8, 4) is 17.5 Å². The molecular formula is C21H22N6O2. The second-order valence-corrected chi connectivity index (χ2v) is 6.83. The largest absolute Gasteiger partial charge is 0.497 e. The first-order valence-electron chi connectivity index (χ1n) is 9.40. The van der Waals surface area contributed by atoms with E-state index in [0.717, 1.165) is 34.2 Å². The van der Waals surface area contributed by atoms with Gasteiger partial charge in [-0.2, -0.15) is 10.4 Å².